The number of nitrogens with one attached hydrogen (secondary N) is 2. The Balaban J connectivity index is 1.72. The second-order valence-corrected chi connectivity index (χ2v) is 5.01. The van der Waals surface area contributed by atoms with Crippen molar-refractivity contribution in [3.05, 3.63) is 59.9 Å². The number of hydrogen-bond acceptors (Lipinski definition) is 3. The van der Waals surface area contributed by atoms with Crippen molar-refractivity contribution in [2.45, 2.75) is 18.9 Å². The van der Waals surface area contributed by atoms with Crippen LogP contribution < -0.4 is 10.6 Å². The molecule has 0 radical (unpaired) electrons. The van der Waals surface area contributed by atoms with Gasteiger partial charge in [0.1, 0.15) is 0 Å². The summed E-state index contributed by atoms with van der Waals surface area (Å²) in [6.07, 6.45) is 1.74. The highest BCUT2D eigenvalue weighted by Gasteiger charge is 2.28. The van der Waals surface area contributed by atoms with Gasteiger partial charge in [0.25, 0.3) is 0 Å². The first-order valence-electron chi connectivity index (χ1n) is 6.80. The molecule has 4 nitrogen and oxygen atoms in total. The molecule has 4 heteroatoms. The maximum atomic E-state index is 12.4. The number of rotatable bonds is 3. The summed E-state index contributed by atoms with van der Waals surface area (Å²) in [4.78, 5) is 16.7. The summed E-state index contributed by atoms with van der Waals surface area (Å²) in [6, 6.07) is 13.6. The predicted octanol–water partition coefficient (Wildman–Crippen LogP) is 2.47. The maximum Gasteiger partial charge on any atom is 0.229 e. The minimum Gasteiger partial charge on any atom is -0.384 e. The van der Waals surface area contributed by atoms with Gasteiger partial charge >= 0.3 is 0 Å². The van der Waals surface area contributed by atoms with E-state index >= 15 is 0 Å². The number of hydrogen-bond donors (Lipinski definition) is 2. The minimum atomic E-state index is -0.127. The van der Waals surface area contributed by atoms with Crippen molar-refractivity contribution in [3.63, 3.8) is 0 Å². The molecule has 2 heterocycles. The monoisotopic (exact) mass is 267 g/mol. The van der Waals surface area contributed by atoms with Crippen LogP contribution in [0.4, 0.5) is 5.69 Å². The molecule has 1 unspecified atom stereocenters. The lowest BCUT2D eigenvalue weighted by Gasteiger charge is -2.16. The highest BCUT2D eigenvalue weighted by Crippen LogP contribution is 2.31. The second-order valence-electron chi connectivity index (χ2n) is 5.01. The van der Waals surface area contributed by atoms with Gasteiger partial charge in [-0.25, -0.2) is 0 Å². The van der Waals surface area contributed by atoms with Crippen LogP contribution in [0.3, 0.4) is 0 Å². The summed E-state index contributed by atoms with van der Waals surface area (Å²) in [5.41, 5.74) is 3.00. The standard InChI is InChI=1S/C16H17N3O/c1-11(14-7-4-5-9-17-14)19-16(20)13-10-18-15-8-3-2-6-12(13)15/h2-9,11,13,18H,10H2,1H3,(H,19,20)/t11-,13?/m1/s1. The lowest BCUT2D eigenvalue weighted by molar-refractivity contribution is -0.122. The van der Waals surface area contributed by atoms with Crippen LogP contribution in [-0.4, -0.2) is 17.4 Å². The van der Waals surface area contributed by atoms with Crippen molar-refractivity contribution in [1.29, 1.82) is 0 Å². The molecule has 0 aliphatic carbocycles. The fourth-order valence-electron chi connectivity index (χ4n) is 2.54. The molecule has 0 fully saturated rings. The third-order valence-corrected chi connectivity index (χ3v) is 3.64. The van der Waals surface area contributed by atoms with E-state index in [0.717, 1.165) is 16.9 Å². The molecule has 3 rings (SSSR count). The number of anilines is 1. The number of carbonyl (C=O) groups is 1. The van der Waals surface area contributed by atoms with Crippen LogP contribution >= 0.6 is 0 Å². The minimum absolute atomic E-state index is 0.0422. The maximum absolute atomic E-state index is 12.4. The zero-order chi connectivity index (χ0) is 13.9. The number of carbonyl (C=O) groups excluding carboxylic acids is 1. The Hall–Kier alpha value is -2.36. The van der Waals surface area contributed by atoms with Gasteiger partial charge in [-0.1, -0.05) is 24.3 Å². The van der Waals surface area contributed by atoms with Gasteiger partial charge in [0.05, 0.1) is 17.7 Å². The fraction of sp³-hybridized carbons (Fsp3) is 0.250. The Morgan fingerprint density at radius 1 is 1.30 bits per heavy atom. The number of amides is 1. The predicted molar refractivity (Wildman–Crippen MR) is 78.5 cm³/mol. The molecule has 1 amide bonds. The first-order chi connectivity index (χ1) is 9.75. The first-order valence-corrected chi connectivity index (χ1v) is 6.80. The van der Waals surface area contributed by atoms with Crippen LogP contribution in [0.5, 0.6) is 0 Å². The third kappa shape index (κ3) is 2.37. The Bertz CT molecular complexity index is 612. The van der Waals surface area contributed by atoms with Crippen LogP contribution in [0, 0.1) is 0 Å². The van der Waals surface area contributed by atoms with Gasteiger partial charge in [0.2, 0.25) is 5.91 Å². The van der Waals surface area contributed by atoms with Gasteiger partial charge < -0.3 is 10.6 Å². The Morgan fingerprint density at radius 2 is 2.10 bits per heavy atom. The molecule has 0 saturated carbocycles. The summed E-state index contributed by atoms with van der Waals surface area (Å²) in [5, 5.41) is 6.31. The molecule has 1 aromatic heterocycles. The largest absolute Gasteiger partial charge is 0.384 e. The van der Waals surface area contributed by atoms with Crippen LogP contribution in [0.25, 0.3) is 0 Å². The molecule has 0 spiro atoms. The van der Waals surface area contributed by atoms with Gasteiger partial charge in [-0.05, 0) is 30.7 Å². The number of nitrogens with zero attached hydrogens (tertiary/aromatic N) is 1. The fourth-order valence-corrected chi connectivity index (χ4v) is 2.54. The van der Waals surface area contributed by atoms with E-state index in [-0.39, 0.29) is 17.9 Å². The molecule has 102 valence electrons. The Labute approximate surface area is 118 Å². The molecule has 1 aliphatic heterocycles. The average molecular weight is 267 g/mol. The quantitative estimate of drug-likeness (QED) is 0.898. The van der Waals surface area contributed by atoms with Crippen LogP contribution in [-0.2, 0) is 4.79 Å². The van der Waals surface area contributed by atoms with E-state index in [1.165, 1.54) is 0 Å². The molecule has 2 aromatic rings. The summed E-state index contributed by atoms with van der Waals surface area (Å²) >= 11 is 0. The van der Waals surface area contributed by atoms with Gasteiger partial charge in [-0.2, -0.15) is 0 Å². The molecule has 1 aliphatic rings. The molecule has 0 saturated heterocycles. The van der Waals surface area contributed by atoms with E-state index in [9.17, 15) is 4.79 Å². The van der Waals surface area contributed by atoms with E-state index in [4.69, 9.17) is 0 Å². The first kappa shape index (κ1) is 12.7. The molecule has 1 aromatic carbocycles. The van der Waals surface area contributed by atoms with Gasteiger partial charge in [-0.15, -0.1) is 0 Å². The van der Waals surface area contributed by atoms with Crippen LogP contribution in [0.2, 0.25) is 0 Å². The number of benzene rings is 1. The van der Waals surface area contributed by atoms with E-state index in [1.807, 2.05) is 49.4 Å². The zero-order valence-corrected chi connectivity index (χ0v) is 11.3. The Morgan fingerprint density at radius 3 is 2.90 bits per heavy atom. The second kappa shape index (κ2) is 5.33. The number of fused-ring (bicyclic) bond motifs is 1. The van der Waals surface area contributed by atoms with E-state index < -0.39 is 0 Å². The van der Waals surface area contributed by atoms with E-state index in [1.54, 1.807) is 6.20 Å². The molecule has 2 N–H and O–H groups in total. The lowest BCUT2D eigenvalue weighted by atomic mass is 10.00. The highest BCUT2D eigenvalue weighted by atomic mass is 16.2. The van der Waals surface area contributed by atoms with Crippen molar-refractivity contribution in [2.24, 2.45) is 0 Å². The summed E-state index contributed by atoms with van der Waals surface area (Å²) in [5.74, 6) is -0.0852. The zero-order valence-electron chi connectivity index (χ0n) is 11.3. The molecular formula is C16H17N3O. The van der Waals surface area contributed by atoms with Crippen LogP contribution in [0.1, 0.15) is 30.1 Å². The normalized spacial score (nSPS) is 17.9. The molecule has 2 atom stereocenters. The highest BCUT2D eigenvalue weighted by molar-refractivity contribution is 5.88. The van der Waals surface area contributed by atoms with Gasteiger partial charge in [0, 0.05) is 18.4 Å². The molecule has 0 bridgehead atoms. The summed E-state index contributed by atoms with van der Waals surface area (Å²) in [7, 11) is 0. The summed E-state index contributed by atoms with van der Waals surface area (Å²) in [6.45, 7) is 2.61. The van der Waals surface area contributed by atoms with Crippen molar-refractivity contribution in [3.8, 4) is 0 Å². The Kier molecular flexibility index (Phi) is 3.37. The number of aromatic nitrogens is 1. The van der Waals surface area contributed by atoms with E-state index in [2.05, 4.69) is 15.6 Å². The average Bonchev–Trinajstić information content (AvgIpc) is 2.92. The molecular weight excluding hydrogens is 250 g/mol. The third-order valence-electron chi connectivity index (χ3n) is 3.64. The topological polar surface area (TPSA) is 54.0 Å². The lowest BCUT2D eigenvalue weighted by Crippen LogP contribution is -2.32. The van der Waals surface area contributed by atoms with Crippen molar-refractivity contribution in [1.82, 2.24) is 10.3 Å². The van der Waals surface area contributed by atoms with E-state index in [0.29, 0.717) is 6.54 Å². The number of para-hydroxylation sites is 1. The number of pyridine rings is 1. The smallest absolute Gasteiger partial charge is 0.229 e. The van der Waals surface area contributed by atoms with Gasteiger partial charge in [0.15, 0.2) is 0 Å². The summed E-state index contributed by atoms with van der Waals surface area (Å²) < 4.78 is 0. The molecule has 20 heavy (non-hydrogen) atoms. The van der Waals surface area contributed by atoms with Gasteiger partial charge in [-0.3, -0.25) is 9.78 Å². The SMILES string of the molecule is C[C@@H](NC(=O)C1CNc2ccccc21)c1ccccn1. The van der Waals surface area contributed by atoms with Crippen molar-refractivity contribution >= 4 is 11.6 Å². The van der Waals surface area contributed by atoms with Crippen molar-refractivity contribution in [2.75, 3.05) is 11.9 Å². The van der Waals surface area contributed by atoms with Crippen molar-refractivity contribution < 1.29 is 4.79 Å². The van der Waals surface area contributed by atoms with Crippen LogP contribution in [0.15, 0.2) is 48.7 Å².